The number of para-hydroxylation sites is 1. The molecule has 0 spiro atoms. The summed E-state index contributed by atoms with van der Waals surface area (Å²) in [6, 6.07) is 7.24. The van der Waals surface area contributed by atoms with Gasteiger partial charge in [0.25, 0.3) is 0 Å². The summed E-state index contributed by atoms with van der Waals surface area (Å²) in [6.07, 6.45) is 1.80. The molecular weight excluding hydrogens is 368 g/mol. The summed E-state index contributed by atoms with van der Waals surface area (Å²) < 4.78 is 66.5. The summed E-state index contributed by atoms with van der Waals surface area (Å²) >= 11 is 0. The van der Waals surface area contributed by atoms with Gasteiger partial charge in [-0.3, -0.25) is 4.79 Å². The van der Waals surface area contributed by atoms with E-state index in [4.69, 9.17) is 9.47 Å². The summed E-state index contributed by atoms with van der Waals surface area (Å²) in [4.78, 5) is 23.3. The molecule has 2 aromatic rings. The minimum absolute atomic E-state index is 0.0617. The van der Waals surface area contributed by atoms with Crippen molar-refractivity contribution in [2.75, 3.05) is 0 Å². The lowest BCUT2D eigenvalue weighted by molar-refractivity contribution is -0.115. The smallest absolute Gasteiger partial charge is 0.349 e. The van der Waals surface area contributed by atoms with Crippen molar-refractivity contribution in [3.8, 4) is 11.5 Å². The lowest BCUT2D eigenvalue weighted by atomic mass is 10.1. The Morgan fingerprint density at radius 1 is 0.889 bits per heavy atom. The highest BCUT2D eigenvalue weighted by Crippen LogP contribution is 2.33. The molecule has 140 valence electrons. The quantitative estimate of drug-likeness (QED) is 0.340. The maximum atomic E-state index is 14.2. The second-order valence-electron chi connectivity index (χ2n) is 5.70. The normalized spacial score (nSPS) is 13.9. The van der Waals surface area contributed by atoms with Crippen LogP contribution in [0.1, 0.15) is 29.6 Å². The van der Waals surface area contributed by atoms with Crippen molar-refractivity contribution in [1.29, 1.82) is 0 Å². The summed E-state index contributed by atoms with van der Waals surface area (Å²) in [6.45, 7) is 0. The third-order valence-corrected chi connectivity index (χ3v) is 3.78. The fraction of sp³-hybridized carbons (Fsp3) is 0.158. The Morgan fingerprint density at radius 3 is 2.11 bits per heavy atom. The van der Waals surface area contributed by atoms with Crippen LogP contribution in [0.15, 0.2) is 42.2 Å². The van der Waals surface area contributed by atoms with E-state index in [2.05, 4.69) is 0 Å². The molecule has 4 nitrogen and oxygen atoms in total. The molecule has 0 saturated carbocycles. The number of esters is 1. The zero-order valence-corrected chi connectivity index (χ0v) is 13.7. The number of hydrogen-bond donors (Lipinski definition) is 0. The average Bonchev–Trinajstić information content (AvgIpc) is 2.65. The maximum absolute atomic E-state index is 14.2. The molecule has 1 aliphatic rings. The van der Waals surface area contributed by atoms with E-state index in [0.29, 0.717) is 6.42 Å². The Hall–Kier alpha value is -3.16. The molecule has 0 N–H and O–H groups in total. The predicted octanol–water partition coefficient (Wildman–Crippen LogP) is 4.48. The van der Waals surface area contributed by atoms with Crippen molar-refractivity contribution in [3.05, 3.63) is 71.0 Å². The summed E-state index contributed by atoms with van der Waals surface area (Å²) in [5, 5.41) is 0. The van der Waals surface area contributed by atoms with Crippen LogP contribution in [0.3, 0.4) is 0 Å². The SMILES string of the molecule is O=C1C=C(Oc2c(F)c(F)c(C(=O)Oc3ccccc3)c(F)c2F)CCC1. The molecule has 0 fully saturated rings. The largest absolute Gasteiger partial charge is 0.455 e. The van der Waals surface area contributed by atoms with Crippen molar-refractivity contribution < 1.29 is 36.6 Å². The molecule has 0 amide bonds. The molecule has 0 atom stereocenters. The molecule has 0 heterocycles. The molecular formula is C19H12F4O4. The van der Waals surface area contributed by atoms with Gasteiger partial charge >= 0.3 is 5.97 Å². The van der Waals surface area contributed by atoms with Crippen LogP contribution in [0.5, 0.6) is 11.5 Å². The van der Waals surface area contributed by atoms with E-state index in [1.54, 1.807) is 6.07 Å². The van der Waals surface area contributed by atoms with Crippen LogP contribution in [0, 0.1) is 23.3 Å². The molecule has 0 unspecified atom stereocenters. The van der Waals surface area contributed by atoms with Crippen LogP contribution in [-0.2, 0) is 4.79 Å². The molecule has 0 aliphatic heterocycles. The van der Waals surface area contributed by atoms with Gasteiger partial charge in [0.2, 0.25) is 17.4 Å². The first-order chi connectivity index (χ1) is 12.9. The summed E-state index contributed by atoms with van der Waals surface area (Å²) in [7, 11) is 0. The van der Waals surface area contributed by atoms with Gasteiger partial charge in [0.15, 0.2) is 17.4 Å². The molecule has 27 heavy (non-hydrogen) atoms. The number of halogens is 4. The number of carbonyl (C=O) groups excluding carboxylic acids is 2. The zero-order chi connectivity index (χ0) is 19.6. The molecule has 1 aliphatic carbocycles. The minimum Gasteiger partial charge on any atom is -0.455 e. The lowest BCUT2D eigenvalue weighted by Gasteiger charge is -2.16. The number of rotatable bonds is 4. The van der Waals surface area contributed by atoms with Crippen LogP contribution >= 0.6 is 0 Å². The number of benzene rings is 2. The van der Waals surface area contributed by atoms with E-state index in [9.17, 15) is 27.2 Å². The second-order valence-corrected chi connectivity index (χ2v) is 5.70. The van der Waals surface area contributed by atoms with Crippen LogP contribution in [-0.4, -0.2) is 11.8 Å². The van der Waals surface area contributed by atoms with E-state index in [1.807, 2.05) is 0 Å². The summed E-state index contributed by atoms with van der Waals surface area (Å²) in [5.74, 6) is -11.2. The van der Waals surface area contributed by atoms with E-state index < -0.39 is 40.6 Å². The average molecular weight is 380 g/mol. The Labute approximate surface area is 151 Å². The van der Waals surface area contributed by atoms with Crippen LogP contribution in [0.4, 0.5) is 17.6 Å². The van der Waals surface area contributed by atoms with Gasteiger partial charge in [-0.2, -0.15) is 8.78 Å². The highest BCUT2D eigenvalue weighted by molar-refractivity contribution is 5.92. The Bertz CT molecular complexity index is 909. The highest BCUT2D eigenvalue weighted by atomic mass is 19.2. The standard InChI is InChI=1S/C19H12F4O4/c20-14-13(19(25)27-11-6-2-1-3-7-11)15(21)17(23)18(16(14)22)26-12-8-4-5-10(24)9-12/h1-3,6-7,9H,4-5,8H2. The molecule has 0 radical (unpaired) electrons. The van der Waals surface area contributed by atoms with Crippen molar-refractivity contribution in [1.82, 2.24) is 0 Å². The summed E-state index contributed by atoms with van der Waals surface area (Å²) in [5.41, 5.74) is -1.52. The van der Waals surface area contributed by atoms with Crippen molar-refractivity contribution in [3.63, 3.8) is 0 Å². The van der Waals surface area contributed by atoms with Gasteiger partial charge in [0, 0.05) is 18.9 Å². The third kappa shape index (κ3) is 3.84. The maximum Gasteiger partial charge on any atom is 0.349 e. The van der Waals surface area contributed by atoms with Crippen LogP contribution in [0.2, 0.25) is 0 Å². The van der Waals surface area contributed by atoms with Gasteiger partial charge in [-0.05, 0) is 18.6 Å². The first kappa shape index (κ1) is 18.6. The lowest BCUT2D eigenvalue weighted by Crippen LogP contribution is -2.17. The molecule has 8 heteroatoms. The van der Waals surface area contributed by atoms with E-state index in [0.717, 1.165) is 6.08 Å². The fourth-order valence-electron chi connectivity index (χ4n) is 2.50. The Kier molecular flexibility index (Phi) is 5.25. The van der Waals surface area contributed by atoms with Gasteiger partial charge in [0.1, 0.15) is 17.1 Å². The number of carbonyl (C=O) groups is 2. The fourth-order valence-corrected chi connectivity index (χ4v) is 2.50. The Balaban J connectivity index is 1.96. The van der Waals surface area contributed by atoms with E-state index in [1.165, 1.54) is 24.3 Å². The van der Waals surface area contributed by atoms with Gasteiger partial charge in [-0.25, -0.2) is 13.6 Å². The molecule has 2 aromatic carbocycles. The van der Waals surface area contributed by atoms with Gasteiger partial charge < -0.3 is 9.47 Å². The van der Waals surface area contributed by atoms with E-state index >= 15 is 0 Å². The number of allylic oxidation sites excluding steroid dienone is 2. The van der Waals surface area contributed by atoms with Crippen LogP contribution in [0.25, 0.3) is 0 Å². The Morgan fingerprint density at radius 2 is 1.52 bits per heavy atom. The van der Waals surface area contributed by atoms with Crippen molar-refractivity contribution in [2.45, 2.75) is 19.3 Å². The molecule has 0 aromatic heterocycles. The first-order valence-corrected chi connectivity index (χ1v) is 7.93. The van der Waals surface area contributed by atoms with Crippen molar-refractivity contribution >= 4 is 11.8 Å². The third-order valence-electron chi connectivity index (χ3n) is 3.78. The second kappa shape index (κ2) is 7.61. The van der Waals surface area contributed by atoms with E-state index in [-0.39, 0.29) is 30.1 Å². The first-order valence-electron chi connectivity index (χ1n) is 7.93. The van der Waals surface area contributed by atoms with Gasteiger partial charge in [0.05, 0.1) is 0 Å². The topological polar surface area (TPSA) is 52.6 Å². The monoisotopic (exact) mass is 380 g/mol. The van der Waals surface area contributed by atoms with Gasteiger partial charge in [-0.1, -0.05) is 18.2 Å². The number of hydrogen-bond acceptors (Lipinski definition) is 4. The number of ether oxygens (including phenoxy) is 2. The molecule has 0 bridgehead atoms. The van der Waals surface area contributed by atoms with Crippen molar-refractivity contribution in [2.24, 2.45) is 0 Å². The van der Waals surface area contributed by atoms with Gasteiger partial charge in [-0.15, -0.1) is 0 Å². The zero-order valence-electron chi connectivity index (χ0n) is 13.7. The molecule has 3 rings (SSSR count). The minimum atomic E-state index is -1.95. The molecule has 0 saturated heterocycles. The predicted molar refractivity (Wildman–Crippen MR) is 85.2 cm³/mol. The van der Waals surface area contributed by atoms with Crippen LogP contribution < -0.4 is 9.47 Å². The number of ketones is 1. The highest BCUT2D eigenvalue weighted by Gasteiger charge is 2.32.